The van der Waals surface area contributed by atoms with E-state index >= 15 is 0 Å². The standard InChI is InChI=1S/C14H19N3O2.ClH/c15-13(16)11-5-3-10(4-6-11)8-17-7-1-2-12(9-17)14(18)19;/h3-6,12H,1-2,7-9H2,(H3,15,16)(H,18,19);1H. The van der Waals surface area contributed by atoms with E-state index in [0.717, 1.165) is 31.5 Å². The van der Waals surface area contributed by atoms with Gasteiger partial charge in [-0.15, -0.1) is 12.4 Å². The van der Waals surface area contributed by atoms with Crippen molar-refractivity contribution in [1.82, 2.24) is 4.90 Å². The molecule has 1 aromatic rings. The molecule has 1 aliphatic rings. The fraction of sp³-hybridized carbons (Fsp3) is 0.429. The number of benzene rings is 1. The van der Waals surface area contributed by atoms with Crippen molar-refractivity contribution in [3.8, 4) is 0 Å². The van der Waals surface area contributed by atoms with Gasteiger partial charge in [0.15, 0.2) is 0 Å². The molecule has 1 aliphatic heterocycles. The molecule has 110 valence electrons. The number of likely N-dealkylation sites (tertiary alicyclic amines) is 1. The van der Waals surface area contributed by atoms with Gasteiger partial charge < -0.3 is 10.8 Å². The second kappa shape index (κ2) is 7.26. The minimum Gasteiger partial charge on any atom is -0.481 e. The quantitative estimate of drug-likeness (QED) is 0.583. The number of carboxylic acids is 1. The lowest BCUT2D eigenvalue weighted by Gasteiger charge is -2.30. The first-order chi connectivity index (χ1) is 9.06. The summed E-state index contributed by atoms with van der Waals surface area (Å²) in [5.74, 6) is -0.877. The van der Waals surface area contributed by atoms with E-state index in [-0.39, 0.29) is 24.2 Å². The first kappa shape index (κ1) is 16.5. The van der Waals surface area contributed by atoms with Crippen LogP contribution in [-0.2, 0) is 11.3 Å². The first-order valence-electron chi connectivity index (χ1n) is 6.45. The van der Waals surface area contributed by atoms with Gasteiger partial charge in [0.05, 0.1) is 5.92 Å². The number of amidine groups is 1. The van der Waals surface area contributed by atoms with Crippen molar-refractivity contribution >= 4 is 24.2 Å². The minimum absolute atomic E-state index is 0. The predicted molar refractivity (Wildman–Crippen MR) is 80.3 cm³/mol. The fourth-order valence-corrected chi connectivity index (χ4v) is 2.45. The lowest BCUT2D eigenvalue weighted by atomic mass is 9.98. The van der Waals surface area contributed by atoms with E-state index in [4.69, 9.17) is 16.2 Å². The Hall–Kier alpha value is -1.59. The molecular weight excluding hydrogens is 278 g/mol. The largest absolute Gasteiger partial charge is 0.481 e. The number of nitrogen functional groups attached to an aromatic ring is 1. The number of carboxylic acid groups (broad SMARTS) is 1. The monoisotopic (exact) mass is 297 g/mol. The van der Waals surface area contributed by atoms with Gasteiger partial charge >= 0.3 is 5.97 Å². The number of nitrogens with zero attached hydrogens (tertiary/aromatic N) is 1. The van der Waals surface area contributed by atoms with E-state index in [1.54, 1.807) is 0 Å². The molecule has 0 aliphatic carbocycles. The van der Waals surface area contributed by atoms with Crippen LogP contribution in [0.15, 0.2) is 24.3 Å². The maximum atomic E-state index is 11.0. The molecule has 0 spiro atoms. The Bertz CT molecular complexity index is 476. The zero-order valence-electron chi connectivity index (χ0n) is 11.2. The number of carbonyl (C=O) groups is 1. The first-order valence-corrected chi connectivity index (χ1v) is 6.45. The highest BCUT2D eigenvalue weighted by atomic mass is 35.5. The average Bonchev–Trinajstić information content (AvgIpc) is 2.39. The Morgan fingerprint density at radius 1 is 1.40 bits per heavy atom. The Labute approximate surface area is 124 Å². The molecule has 4 N–H and O–H groups in total. The van der Waals surface area contributed by atoms with Crippen LogP contribution in [0, 0.1) is 11.3 Å². The van der Waals surface area contributed by atoms with Crippen LogP contribution in [0.5, 0.6) is 0 Å². The van der Waals surface area contributed by atoms with Crippen LogP contribution >= 0.6 is 12.4 Å². The molecule has 1 fully saturated rings. The van der Waals surface area contributed by atoms with E-state index in [1.165, 1.54) is 0 Å². The van der Waals surface area contributed by atoms with E-state index in [9.17, 15) is 4.79 Å². The zero-order chi connectivity index (χ0) is 13.8. The van der Waals surface area contributed by atoms with E-state index in [0.29, 0.717) is 12.1 Å². The third-order valence-corrected chi connectivity index (χ3v) is 3.53. The molecule has 0 aromatic heterocycles. The lowest BCUT2D eigenvalue weighted by molar-refractivity contribution is -0.143. The molecule has 0 amide bonds. The van der Waals surface area contributed by atoms with E-state index in [1.807, 2.05) is 24.3 Å². The molecule has 1 saturated heterocycles. The molecule has 0 bridgehead atoms. The summed E-state index contributed by atoms with van der Waals surface area (Å²) in [6, 6.07) is 7.55. The summed E-state index contributed by atoms with van der Waals surface area (Å²) in [5.41, 5.74) is 7.24. The van der Waals surface area contributed by atoms with Crippen LogP contribution in [0.2, 0.25) is 0 Å². The van der Waals surface area contributed by atoms with Crippen LogP contribution < -0.4 is 5.73 Å². The Morgan fingerprint density at radius 3 is 2.60 bits per heavy atom. The average molecular weight is 298 g/mol. The van der Waals surface area contributed by atoms with Gasteiger partial charge in [-0.1, -0.05) is 24.3 Å². The zero-order valence-corrected chi connectivity index (χ0v) is 12.0. The molecular formula is C14H20ClN3O2. The number of halogens is 1. The lowest BCUT2D eigenvalue weighted by Crippen LogP contribution is -2.38. The summed E-state index contributed by atoms with van der Waals surface area (Å²) in [5, 5.41) is 16.4. The van der Waals surface area contributed by atoms with Gasteiger partial charge in [-0.05, 0) is 24.9 Å². The van der Waals surface area contributed by atoms with Gasteiger partial charge in [-0.25, -0.2) is 0 Å². The molecule has 1 aromatic carbocycles. The highest BCUT2D eigenvalue weighted by molar-refractivity contribution is 5.94. The number of nitrogens with two attached hydrogens (primary N) is 1. The predicted octanol–water partition coefficient (Wildman–Crippen LogP) is 1.69. The summed E-state index contributed by atoms with van der Waals surface area (Å²) >= 11 is 0. The number of hydrogen-bond donors (Lipinski definition) is 3. The van der Waals surface area contributed by atoms with Crippen LogP contribution in [0.3, 0.4) is 0 Å². The van der Waals surface area contributed by atoms with Gasteiger partial charge in [0, 0.05) is 18.7 Å². The van der Waals surface area contributed by atoms with Crippen LogP contribution in [-0.4, -0.2) is 34.9 Å². The van der Waals surface area contributed by atoms with Gasteiger partial charge in [0.2, 0.25) is 0 Å². The van der Waals surface area contributed by atoms with Crippen LogP contribution in [0.25, 0.3) is 0 Å². The minimum atomic E-state index is -0.698. The molecule has 0 saturated carbocycles. The smallest absolute Gasteiger partial charge is 0.307 e. The van der Waals surface area contributed by atoms with Crippen molar-refractivity contribution in [3.63, 3.8) is 0 Å². The van der Waals surface area contributed by atoms with Crippen molar-refractivity contribution in [2.24, 2.45) is 11.7 Å². The number of aliphatic carboxylic acids is 1. The summed E-state index contributed by atoms with van der Waals surface area (Å²) in [6.07, 6.45) is 1.71. The molecule has 2 rings (SSSR count). The summed E-state index contributed by atoms with van der Waals surface area (Å²) in [4.78, 5) is 13.2. The Kier molecular flexibility index (Phi) is 5.98. The highest BCUT2D eigenvalue weighted by Crippen LogP contribution is 2.18. The van der Waals surface area contributed by atoms with E-state index < -0.39 is 5.97 Å². The number of hydrogen-bond acceptors (Lipinski definition) is 3. The van der Waals surface area contributed by atoms with Crippen LogP contribution in [0.1, 0.15) is 24.0 Å². The van der Waals surface area contributed by atoms with Gasteiger partial charge in [-0.2, -0.15) is 0 Å². The number of piperidine rings is 1. The van der Waals surface area contributed by atoms with Crippen molar-refractivity contribution in [2.75, 3.05) is 13.1 Å². The molecule has 6 heteroatoms. The second-order valence-corrected chi connectivity index (χ2v) is 5.02. The van der Waals surface area contributed by atoms with Gasteiger partial charge in [-0.3, -0.25) is 15.1 Å². The van der Waals surface area contributed by atoms with E-state index in [2.05, 4.69) is 4.90 Å². The second-order valence-electron chi connectivity index (χ2n) is 5.02. The normalized spacial score (nSPS) is 19.1. The molecule has 20 heavy (non-hydrogen) atoms. The molecule has 1 heterocycles. The van der Waals surface area contributed by atoms with Gasteiger partial charge in [0.25, 0.3) is 0 Å². The van der Waals surface area contributed by atoms with Crippen molar-refractivity contribution < 1.29 is 9.90 Å². The maximum absolute atomic E-state index is 11.0. The van der Waals surface area contributed by atoms with Gasteiger partial charge in [0.1, 0.15) is 5.84 Å². The third kappa shape index (κ3) is 4.21. The summed E-state index contributed by atoms with van der Waals surface area (Å²) in [7, 11) is 0. The fourth-order valence-electron chi connectivity index (χ4n) is 2.45. The number of rotatable bonds is 4. The maximum Gasteiger partial charge on any atom is 0.307 e. The topological polar surface area (TPSA) is 90.4 Å². The Balaban J connectivity index is 0.00000200. The summed E-state index contributed by atoms with van der Waals surface area (Å²) in [6.45, 7) is 2.31. The molecule has 1 unspecified atom stereocenters. The molecule has 1 atom stereocenters. The van der Waals surface area contributed by atoms with Crippen molar-refractivity contribution in [3.05, 3.63) is 35.4 Å². The highest BCUT2D eigenvalue weighted by Gasteiger charge is 2.25. The third-order valence-electron chi connectivity index (χ3n) is 3.53. The Morgan fingerprint density at radius 2 is 2.05 bits per heavy atom. The molecule has 0 radical (unpaired) electrons. The van der Waals surface area contributed by atoms with Crippen molar-refractivity contribution in [1.29, 1.82) is 5.41 Å². The number of nitrogens with one attached hydrogen (secondary N) is 1. The van der Waals surface area contributed by atoms with Crippen molar-refractivity contribution in [2.45, 2.75) is 19.4 Å². The summed E-state index contributed by atoms with van der Waals surface area (Å²) < 4.78 is 0. The van der Waals surface area contributed by atoms with Crippen LogP contribution in [0.4, 0.5) is 0 Å². The molecule has 5 nitrogen and oxygen atoms in total. The SMILES string of the molecule is Cl.N=C(N)c1ccc(CN2CCCC(C(=O)O)C2)cc1.